The average molecular weight is 280 g/mol. The number of carbonyl (C=O) groups is 2. The van der Waals surface area contributed by atoms with Gasteiger partial charge in [0.05, 0.1) is 11.4 Å². The summed E-state index contributed by atoms with van der Waals surface area (Å²) in [5.74, 6) is 0.206. The van der Waals surface area contributed by atoms with Crippen LogP contribution in [0.15, 0.2) is 12.1 Å². The average Bonchev–Trinajstić information content (AvgIpc) is 3.07. The van der Waals surface area contributed by atoms with E-state index in [1.54, 1.807) is 0 Å². The van der Waals surface area contributed by atoms with Gasteiger partial charge in [0.15, 0.2) is 0 Å². The van der Waals surface area contributed by atoms with Crippen LogP contribution < -0.4 is 5.32 Å². The second-order valence-corrected chi connectivity index (χ2v) is 5.96. The van der Waals surface area contributed by atoms with E-state index in [1.165, 1.54) is 11.3 Å². The molecule has 2 amide bonds. The number of amides is 2. The summed E-state index contributed by atoms with van der Waals surface area (Å²) in [6.07, 6.45) is 3.63. The molecule has 104 valence electrons. The number of likely N-dealkylation sites (tertiary alicyclic amines) is 1. The number of hydrogen-bond donors (Lipinski definition) is 1. The van der Waals surface area contributed by atoms with E-state index in [1.807, 2.05) is 24.0 Å². The van der Waals surface area contributed by atoms with Gasteiger partial charge in [0.25, 0.3) is 5.91 Å². The molecular formula is C14H20N2O2S. The SMILES string of the molecule is CCCC(=O)NCc1ccc(C(=O)N2CCCC2)s1. The molecule has 1 aromatic rings. The number of nitrogens with one attached hydrogen (secondary N) is 1. The Hall–Kier alpha value is -1.36. The molecule has 1 fully saturated rings. The van der Waals surface area contributed by atoms with Gasteiger partial charge < -0.3 is 10.2 Å². The van der Waals surface area contributed by atoms with Crippen LogP contribution in [0.3, 0.4) is 0 Å². The molecule has 1 aliphatic heterocycles. The van der Waals surface area contributed by atoms with Crippen molar-refractivity contribution in [2.75, 3.05) is 13.1 Å². The summed E-state index contributed by atoms with van der Waals surface area (Å²) >= 11 is 1.48. The summed E-state index contributed by atoms with van der Waals surface area (Å²) in [7, 11) is 0. The molecule has 0 atom stereocenters. The van der Waals surface area contributed by atoms with E-state index in [0.29, 0.717) is 13.0 Å². The molecule has 0 saturated carbocycles. The lowest BCUT2D eigenvalue weighted by Crippen LogP contribution is -2.26. The molecule has 1 saturated heterocycles. The highest BCUT2D eigenvalue weighted by Crippen LogP contribution is 2.20. The standard InChI is InChI=1S/C14H20N2O2S/c1-2-5-13(17)15-10-11-6-7-12(19-11)14(18)16-8-3-4-9-16/h6-7H,2-5,8-10H2,1H3,(H,15,17). The Labute approximate surface area is 117 Å². The Bertz CT molecular complexity index is 450. The lowest BCUT2D eigenvalue weighted by atomic mass is 10.3. The highest BCUT2D eigenvalue weighted by molar-refractivity contribution is 7.14. The van der Waals surface area contributed by atoms with E-state index >= 15 is 0 Å². The maximum Gasteiger partial charge on any atom is 0.263 e. The molecule has 19 heavy (non-hydrogen) atoms. The number of nitrogens with zero attached hydrogens (tertiary/aromatic N) is 1. The predicted octanol–water partition coefficient (Wildman–Crippen LogP) is 2.40. The molecule has 5 heteroatoms. The van der Waals surface area contributed by atoms with Crippen molar-refractivity contribution in [1.29, 1.82) is 0 Å². The lowest BCUT2D eigenvalue weighted by Gasteiger charge is -2.13. The van der Waals surface area contributed by atoms with Crippen LogP contribution in [0.2, 0.25) is 0 Å². The minimum Gasteiger partial charge on any atom is -0.351 e. The first kappa shape index (κ1) is 14.1. The molecule has 0 aliphatic carbocycles. The maximum atomic E-state index is 12.1. The Kier molecular flexibility index (Phi) is 4.96. The van der Waals surface area contributed by atoms with Gasteiger partial charge in [-0.15, -0.1) is 11.3 Å². The van der Waals surface area contributed by atoms with E-state index in [4.69, 9.17) is 0 Å². The quantitative estimate of drug-likeness (QED) is 0.900. The summed E-state index contributed by atoms with van der Waals surface area (Å²) in [5.41, 5.74) is 0. The summed E-state index contributed by atoms with van der Waals surface area (Å²) in [4.78, 5) is 27.3. The maximum absolute atomic E-state index is 12.1. The summed E-state index contributed by atoms with van der Waals surface area (Å²) in [6, 6.07) is 3.80. The second kappa shape index (κ2) is 6.70. The topological polar surface area (TPSA) is 49.4 Å². The van der Waals surface area contributed by atoms with Crippen molar-refractivity contribution < 1.29 is 9.59 Å². The number of rotatable bonds is 5. The molecule has 2 rings (SSSR count). The van der Waals surface area contributed by atoms with Crippen molar-refractivity contribution in [1.82, 2.24) is 10.2 Å². The first-order valence-electron chi connectivity index (χ1n) is 6.85. The van der Waals surface area contributed by atoms with E-state index in [-0.39, 0.29) is 11.8 Å². The molecule has 1 aromatic heterocycles. The van der Waals surface area contributed by atoms with Gasteiger partial charge in [-0.2, -0.15) is 0 Å². The molecule has 0 bridgehead atoms. The monoisotopic (exact) mass is 280 g/mol. The van der Waals surface area contributed by atoms with E-state index in [9.17, 15) is 9.59 Å². The third-order valence-corrected chi connectivity index (χ3v) is 4.28. The zero-order valence-corrected chi connectivity index (χ0v) is 12.1. The number of hydrogen-bond acceptors (Lipinski definition) is 3. The normalized spacial score (nSPS) is 14.7. The van der Waals surface area contributed by atoms with Gasteiger partial charge >= 0.3 is 0 Å². The summed E-state index contributed by atoms with van der Waals surface area (Å²) < 4.78 is 0. The van der Waals surface area contributed by atoms with E-state index in [2.05, 4.69) is 5.32 Å². The van der Waals surface area contributed by atoms with E-state index in [0.717, 1.165) is 42.1 Å². The molecule has 0 spiro atoms. The Morgan fingerprint density at radius 3 is 2.74 bits per heavy atom. The number of thiophene rings is 1. The minimum absolute atomic E-state index is 0.0725. The van der Waals surface area contributed by atoms with Crippen LogP contribution in [0, 0.1) is 0 Å². The molecule has 1 aliphatic rings. The predicted molar refractivity (Wildman–Crippen MR) is 76.2 cm³/mol. The van der Waals surface area contributed by atoms with Crippen LogP contribution in [0.1, 0.15) is 47.2 Å². The first-order valence-corrected chi connectivity index (χ1v) is 7.67. The lowest BCUT2D eigenvalue weighted by molar-refractivity contribution is -0.121. The van der Waals surface area contributed by atoms with Gasteiger partial charge in [0, 0.05) is 24.4 Å². The third kappa shape index (κ3) is 3.80. The molecule has 2 heterocycles. The van der Waals surface area contributed by atoms with Crippen molar-refractivity contribution in [2.24, 2.45) is 0 Å². The van der Waals surface area contributed by atoms with Crippen LogP contribution in [-0.2, 0) is 11.3 Å². The van der Waals surface area contributed by atoms with Crippen LogP contribution in [-0.4, -0.2) is 29.8 Å². The van der Waals surface area contributed by atoms with Crippen molar-refractivity contribution in [3.05, 3.63) is 21.9 Å². The third-order valence-electron chi connectivity index (χ3n) is 3.20. The summed E-state index contributed by atoms with van der Waals surface area (Å²) in [6.45, 7) is 4.26. The minimum atomic E-state index is 0.0725. The highest BCUT2D eigenvalue weighted by Gasteiger charge is 2.20. The van der Waals surface area contributed by atoms with Gasteiger partial charge in [-0.25, -0.2) is 0 Å². The number of carbonyl (C=O) groups excluding carboxylic acids is 2. The van der Waals surface area contributed by atoms with Gasteiger partial charge in [-0.3, -0.25) is 9.59 Å². The van der Waals surface area contributed by atoms with Gasteiger partial charge in [-0.05, 0) is 31.4 Å². The van der Waals surface area contributed by atoms with Crippen LogP contribution in [0.4, 0.5) is 0 Å². The highest BCUT2D eigenvalue weighted by atomic mass is 32.1. The molecule has 0 unspecified atom stereocenters. The summed E-state index contributed by atoms with van der Waals surface area (Å²) in [5, 5.41) is 2.87. The van der Waals surface area contributed by atoms with E-state index < -0.39 is 0 Å². The zero-order chi connectivity index (χ0) is 13.7. The smallest absolute Gasteiger partial charge is 0.263 e. The fraction of sp³-hybridized carbons (Fsp3) is 0.571. The Balaban J connectivity index is 1.87. The molecule has 4 nitrogen and oxygen atoms in total. The zero-order valence-electron chi connectivity index (χ0n) is 11.3. The van der Waals surface area contributed by atoms with Gasteiger partial charge in [0.2, 0.25) is 5.91 Å². The molecule has 0 radical (unpaired) electrons. The molecular weight excluding hydrogens is 260 g/mol. The fourth-order valence-corrected chi connectivity index (χ4v) is 3.08. The largest absolute Gasteiger partial charge is 0.351 e. The fourth-order valence-electron chi connectivity index (χ4n) is 2.17. The van der Waals surface area contributed by atoms with Crippen molar-refractivity contribution >= 4 is 23.2 Å². The van der Waals surface area contributed by atoms with Crippen molar-refractivity contribution in [3.63, 3.8) is 0 Å². The van der Waals surface area contributed by atoms with Crippen LogP contribution in [0.5, 0.6) is 0 Å². The Morgan fingerprint density at radius 1 is 1.32 bits per heavy atom. The van der Waals surface area contributed by atoms with Gasteiger partial charge in [0.1, 0.15) is 0 Å². The van der Waals surface area contributed by atoms with Crippen molar-refractivity contribution in [2.45, 2.75) is 39.2 Å². The van der Waals surface area contributed by atoms with Crippen LogP contribution in [0.25, 0.3) is 0 Å². The molecule has 0 aromatic carbocycles. The van der Waals surface area contributed by atoms with Gasteiger partial charge in [-0.1, -0.05) is 6.92 Å². The van der Waals surface area contributed by atoms with Crippen molar-refractivity contribution in [3.8, 4) is 0 Å². The second-order valence-electron chi connectivity index (χ2n) is 4.79. The molecule has 1 N–H and O–H groups in total. The van der Waals surface area contributed by atoms with Crippen LogP contribution >= 0.6 is 11.3 Å². The first-order chi connectivity index (χ1) is 9.20. The Morgan fingerprint density at radius 2 is 2.05 bits per heavy atom.